The molecule has 0 aliphatic rings. The highest BCUT2D eigenvalue weighted by Gasteiger charge is 2.30. The van der Waals surface area contributed by atoms with Crippen LogP contribution in [0.15, 0.2) is 48.5 Å². The number of urea groups is 1. The van der Waals surface area contributed by atoms with E-state index in [9.17, 15) is 18.0 Å². The summed E-state index contributed by atoms with van der Waals surface area (Å²) in [6.07, 6.45) is -4.41. The van der Waals surface area contributed by atoms with Crippen LogP contribution in [0, 0.1) is 11.8 Å². The van der Waals surface area contributed by atoms with E-state index in [1.54, 1.807) is 31.3 Å². The molecule has 0 atom stereocenters. The van der Waals surface area contributed by atoms with Gasteiger partial charge < -0.3 is 15.0 Å². The summed E-state index contributed by atoms with van der Waals surface area (Å²) < 4.78 is 43.5. The number of alkyl halides is 3. The minimum Gasteiger partial charge on any atom is -0.492 e. The molecule has 2 amide bonds. The summed E-state index contributed by atoms with van der Waals surface area (Å²) in [5, 5.41) is 3.13. The van der Waals surface area contributed by atoms with Crippen molar-refractivity contribution in [2.75, 3.05) is 26.7 Å². The summed E-state index contributed by atoms with van der Waals surface area (Å²) in [5.74, 6) is 5.84. The number of nitrogens with one attached hydrogen (secondary N) is 1. The predicted octanol–water partition coefficient (Wildman–Crippen LogP) is 4.43. The van der Waals surface area contributed by atoms with Gasteiger partial charge in [0.25, 0.3) is 0 Å². The molecule has 0 saturated carbocycles. The second-order valence-corrected chi connectivity index (χ2v) is 6.20. The van der Waals surface area contributed by atoms with E-state index in [0.29, 0.717) is 17.3 Å². The number of likely N-dealkylation sites (N-methyl/N-ethyl adjacent to an activating group) is 1. The number of hydrogen-bond acceptors (Lipinski definition) is 2. The van der Waals surface area contributed by atoms with Crippen molar-refractivity contribution in [3.05, 3.63) is 64.7 Å². The average molecular weight is 411 g/mol. The van der Waals surface area contributed by atoms with Crippen molar-refractivity contribution in [2.45, 2.75) is 6.18 Å². The van der Waals surface area contributed by atoms with E-state index in [1.165, 1.54) is 17.0 Å². The predicted molar refractivity (Wildman–Crippen MR) is 101 cm³/mol. The van der Waals surface area contributed by atoms with E-state index in [2.05, 4.69) is 17.2 Å². The lowest BCUT2D eigenvalue weighted by atomic mass is 10.1. The van der Waals surface area contributed by atoms with Gasteiger partial charge in [0.1, 0.15) is 12.4 Å². The maximum Gasteiger partial charge on any atom is 0.416 e. The Morgan fingerprint density at radius 1 is 1.21 bits per heavy atom. The van der Waals surface area contributed by atoms with Crippen LogP contribution < -0.4 is 10.1 Å². The Labute approximate surface area is 166 Å². The fourth-order valence-electron chi connectivity index (χ4n) is 2.13. The van der Waals surface area contributed by atoms with Crippen molar-refractivity contribution < 1.29 is 22.7 Å². The number of hydrogen-bond donors (Lipinski definition) is 1. The summed E-state index contributed by atoms with van der Waals surface area (Å²) in [6, 6.07) is 11.3. The third kappa shape index (κ3) is 7.05. The van der Waals surface area contributed by atoms with E-state index in [1.807, 2.05) is 0 Å². The minimum atomic E-state index is -4.41. The molecule has 0 aromatic heterocycles. The number of benzene rings is 2. The van der Waals surface area contributed by atoms with Crippen LogP contribution >= 0.6 is 11.6 Å². The van der Waals surface area contributed by atoms with Crippen LogP contribution in [0.5, 0.6) is 5.75 Å². The summed E-state index contributed by atoms with van der Waals surface area (Å²) >= 11 is 5.86. The summed E-state index contributed by atoms with van der Waals surface area (Å²) in [6.45, 7) is 0.619. The average Bonchev–Trinajstić information content (AvgIpc) is 2.64. The molecule has 0 fully saturated rings. The largest absolute Gasteiger partial charge is 0.492 e. The zero-order chi connectivity index (χ0) is 20.6. The van der Waals surface area contributed by atoms with E-state index in [-0.39, 0.29) is 24.7 Å². The molecular weight excluding hydrogens is 393 g/mol. The molecule has 0 radical (unpaired) electrons. The molecule has 4 nitrogen and oxygen atoms in total. The lowest BCUT2D eigenvalue weighted by Gasteiger charge is -2.17. The van der Waals surface area contributed by atoms with E-state index in [4.69, 9.17) is 16.3 Å². The molecule has 2 rings (SSSR count). The van der Waals surface area contributed by atoms with Crippen molar-refractivity contribution in [3.8, 4) is 17.6 Å². The van der Waals surface area contributed by atoms with Crippen LogP contribution in [0.25, 0.3) is 0 Å². The third-order valence-corrected chi connectivity index (χ3v) is 3.82. The first-order chi connectivity index (χ1) is 13.3. The van der Waals surface area contributed by atoms with Gasteiger partial charge in [0.15, 0.2) is 0 Å². The van der Waals surface area contributed by atoms with Crippen LogP contribution in [0.3, 0.4) is 0 Å². The van der Waals surface area contributed by atoms with Gasteiger partial charge in [-0.3, -0.25) is 0 Å². The smallest absolute Gasteiger partial charge is 0.416 e. The lowest BCUT2D eigenvalue weighted by molar-refractivity contribution is -0.137. The highest BCUT2D eigenvalue weighted by molar-refractivity contribution is 6.30. The second-order valence-electron chi connectivity index (χ2n) is 5.77. The van der Waals surface area contributed by atoms with Gasteiger partial charge in [-0.25, -0.2) is 4.79 Å². The maximum absolute atomic E-state index is 12.7. The molecule has 1 N–H and O–H groups in total. The quantitative estimate of drug-likeness (QED) is 0.741. The highest BCUT2D eigenvalue weighted by atomic mass is 35.5. The fourth-order valence-corrected chi connectivity index (χ4v) is 2.31. The topological polar surface area (TPSA) is 41.6 Å². The van der Waals surface area contributed by atoms with Gasteiger partial charge in [-0.1, -0.05) is 35.6 Å². The molecule has 0 aliphatic carbocycles. The summed E-state index contributed by atoms with van der Waals surface area (Å²) in [7, 11) is 1.59. The Morgan fingerprint density at radius 2 is 1.96 bits per heavy atom. The number of nitrogens with zero attached hydrogens (tertiary/aromatic N) is 1. The van der Waals surface area contributed by atoms with E-state index < -0.39 is 11.7 Å². The Bertz CT molecular complexity index is 875. The van der Waals surface area contributed by atoms with Crippen molar-refractivity contribution in [3.63, 3.8) is 0 Å². The summed E-state index contributed by atoms with van der Waals surface area (Å²) in [4.78, 5) is 13.4. The highest BCUT2D eigenvalue weighted by Crippen LogP contribution is 2.29. The number of amides is 2. The normalized spacial score (nSPS) is 10.6. The molecule has 0 spiro atoms. The Hall–Kier alpha value is -2.85. The first-order valence-corrected chi connectivity index (χ1v) is 8.67. The number of carbonyl (C=O) groups excluding carboxylic acids is 1. The van der Waals surface area contributed by atoms with Gasteiger partial charge in [0.2, 0.25) is 0 Å². The van der Waals surface area contributed by atoms with Crippen LogP contribution in [0.4, 0.5) is 18.0 Å². The first-order valence-electron chi connectivity index (χ1n) is 8.29. The van der Waals surface area contributed by atoms with Gasteiger partial charge in [-0.2, -0.15) is 13.2 Å². The molecule has 0 saturated heterocycles. The number of halogens is 4. The van der Waals surface area contributed by atoms with Crippen molar-refractivity contribution >= 4 is 17.6 Å². The first kappa shape index (κ1) is 21.5. The molecule has 2 aromatic rings. The molecule has 2 aromatic carbocycles. The standard InChI is InChI=1S/C20H18ClF3N2O2/c1-26(11-12-28-18-9-3-8-17(21)14-18)19(27)25-10-4-6-15-5-2-7-16(13-15)20(22,23)24/h2-3,5,7-9,13-14H,10-12H2,1H3,(H,25,27). The van der Waals surface area contributed by atoms with Crippen molar-refractivity contribution in [2.24, 2.45) is 0 Å². The van der Waals surface area contributed by atoms with Crippen LogP contribution in [0.2, 0.25) is 5.02 Å². The molecule has 0 unspecified atom stereocenters. The molecule has 0 aliphatic heterocycles. The number of carbonyl (C=O) groups is 1. The monoisotopic (exact) mass is 410 g/mol. The van der Waals surface area contributed by atoms with Gasteiger partial charge in [-0.05, 0) is 36.4 Å². The van der Waals surface area contributed by atoms with Gasteiger partial charge >= 0.3 is 12.2 Å². The molecule has 148 valence electrons. The Balaban J connectivity index is 1.76. The fraction of sp³-hybridized carbons (Fsp3) is 0.250. The number of rotatable bonds is 5. The zero-order valence-electron chi connectivity index (χ0n) is 15.0. The van der Waals surface area contributed by atoms with E-state index in [0.717, 1.165) is 12.1 Å². The maximum atomic E-state index is 12.7. The minimum absolute atomic E-state index is 0.00850. The SMILES string of the molecule is CN(CCOc1cccc(Cl)c1)C(=O)NCC#Cc1cccc(C(F)(F)F)c1. The van der Waals surface area contributed by atoms with Crippen molar-refractivity contribution in [1.82, 2.24) is 10.2 Å². The number of ether oxygens (including phenoxy) is 1. The molecule has 0 bridgehead atoms. The lowest BCUT2D eigenvalue weighted by Crippen LogP contribution is -2.39. The summed E-state index contributed by atoms with van der Waals surface area (Å²) in [5.41, 5.74) is -0.532. The molecule has 0 heterocycles. The molecule has 8 heteroatoms. The Kier molecular flexibility index (Phi) is 7.59. The zero-order valence-corrected chi connectivity index (χ0v) is 15.8. The van der Waals surface area contributed by atoms with Crippen molar-refractivity contribution in [1.29, 1.82) is 0 Å². The second kappa shape index (κ2) is 9.90. The van der Waals surface area contributed by atoms with Crippen LogP contribution in [-0.2, 0) is 6.18 Å². The van der Waals surface area contributed by atoms with E-state index >= 15 is 0 Å². The van der Waals surface area contributed by atoms with Gasteiger partial charge in [-0.15, -0.1) is 0 Å². The van der Waals surface area contributed by atoms with Gasteiger partial charge in [0.05, 0.1) is 18.7 Å². The Morgan fingerprint density at radius 3 is 2.68 bits per heavy atom. The third-order valence-electron chi connectivity index (χ3n) is 3.59. The van der Waals surface area contributed by atoms with Gasteiger partial charge in [0, 0.05) is 17.6 Å². The molecule has 28 heavy (non-hydrogen) atoms. The molecular formula is C20H18ClF3N2O2. The van der Waals surface area contributed by atoms with Crippen LogP contribution in [0.1, 0.15) is 11.1 Å². The van der Waals surface area contributed by atoms with Crippen LogP contribution in [-0.4, -0.2) is 37.7 Å².